The summed E-state index contributed by atoms with van der Waals surface area (Å²) in [6.07, 6.45) is 1.57. The van der Waals surface area contributed by atoms with Crippen molar-refractivity contribution in [3.63, 3.8) is 0 Å². The Labute approximate surface area is 85.0 Å². The topological polar surface area (TPSA) is 76.1 Å². The van der Waals surface area contributed by atoms with Crippen molar-refractivity contribution < 1.29 is 9.53 Å². The largest absolute Gasteiger partial charge is 0.459 e. The van der Waals surface area contributed by atoms with E-state index in [4.69, 9.17) is 15.7 Å². The standard InChI is InChI=1S/C10H18N2O2/c1-10(2,3)14-9(13)8(12)6-4-5-7-11/h8H,4-6,12H2,1-3H3. The maximum Gasteiger partial charge on any atom is 0.323 e. The first-order chi connectivity index (χ1) is 6.37. The lowest BCUT2D eigenvalue weighted by Gasteiger charge is -2.21. The van der Waals surface area contributed by atoms with Crippen LogP contribution in [0.1, 0.15) is 40.0 Å². The summed E-state index contributed by atoms with van der Waals surface area (Å²) < 4.78 is 5.08. The third-order valence-electron chi connectivity index (χ3n) is 1.51. The normalized spacial score (nSPS) is 13.1. The van der Waals surface area contributed by atoms with E-state index in [9.17, 15) is 4.79 Å². The Bertz CT molecular complexity index is 225. The number of nitrogens with two attached hydrogens (primary N) is 1. The van der Waals surface area contributed by atoms with Gasteiger partial charge in [-0.15, -0.1) is 0 Å². The van der Waals surface area contributed by atoms with E-state index in [-0.39, 0.29) is 0 Å². The minimum absolute atomic E-state index is 0.393. The second kappa shape index (κ2) is 5.61. The van der Waals surface area contributed by atoms with Gasteiger partial charge in [0, 0.05) is 6.42 Å². The van der Waals surface area contributed by atoms with Crippen LogP contribution in [-0.4, -0.2) is 17.6 Å². The molecule has 1 unspecified atom stereocenters. The van der Waals surface area contributed by atoms with Gasteiger partial charge in [-0.2, -0.15) is 5.26 Å². The number of carbonyl (C=O) groups is 1. The van der Waals surface area contributed by atoms with Crippen LogP contribution in [0.15, 0.2) is 0 Å². The van der Waals surface area contributed by atoms with E-state index in [2.05, 4.69) is 0 Å². The molecule has 0 aliphatic carbocycles. The zero-order valence-corrected chi connectivity index (χ0v) is 9.04. The Hall–Kier alpha value is -1.08. The average Bonchev–Trinajstić information content (AvgIpc) is 2.01. The Kier molecular flexibility index (Phi) is 5.18. The molecule has 0 rings (SSSR count). The first-order valence-electron chi connectivity index (χ1n) is 4.72. The van der Waals surface area contributed by atoms with Gasteiger partial charge >= 0.3 is 5.97 Å². The molecule has 80 valence electrons. The molecule has 0 radical (unpaired) electrons. The molecule has 1 atom stereocenters. The van der Waals surface area contributed by atoms with Crippen LogP contribution >= 0.6 is 0 Å². The van der Waals surface area contributed by atoms with E-state index in [0.717, 1.165) is 0 Å². The number of nitriles is 1. The highest BCUT2D eigenvalue weighted by atomic mass is 16.6. The van der Waals surface area contributed by atoms with Gasteiger partial charge in [0.05, 0.1) is 6.07 Å². The number of ether oxygens (including phenoxy) is 1. The second-order valence-corrected chi connectivity index (χ2v) is 4.19. The summed E-state index contributed by atoms with van der Waals surface area (Å²) >= 11 is 0. The molecule has 0 aromatic carbocycles. The quantitative estimate of drug-likeness (QED) is 0.546. The lowest BCUT2D eigenvalue weighted by atomic mass is 10.1. The van der Waals surface area contributed by atoms with Crippen LogP contribution in [0.25, 0.3) is 0 Å². The lowest BCUT2D eigenvalue weighted by molar-refractivity contribution is -0.156. The maximum atomic E-state index is 11.3. The third-order valence-corrected chi connectivity index (χ3v) is 1.51. The summed E-state index contributed by atoms with van der Waals surface area (Å²) in [5.74, 6) is -0.393. The van der Waals surface area contributed by atoms with Crippen molar-refractivity contribution >= 4 is 5.97 Å². The molecule has 0 bridgehead atoms. The molecule has 0 aliphatic heterocycles. The molecule has 0 amide bonds. The van der Waals surface area contributed by atoms with E-state index in [0.29, 0.717) is 19.3 Å². The van der Waals surface area contributed by atoms with Crippen LogP contribution < -0.4 is 5.73 Å². The minimum Gasteiger partial charge on any atom is -0.459 e. The molecule has 4 nitrogen and oxygen atoms in total. The van der Waals surface area contributed by atoms with Crippen molar-refractivity contribution in [2.24, 2.45) is 5.73 Å². The first kappa shape index (κ1) is 12.9. The minimum atomic E-state index is -0.609. The summed E-state index contributed by atoms with van der Waals surface area (Å²) in [7, 11) is 0. The Morgan fingerprint density at radius 2 is 2.14 bits per heavy atom. The predicted octanol–water partition coefficient (Wildman–Crippen LogP) is 1.35. The summed E-state index contributed by atoms with van der Waals surface area (Å²) in [5, 5.41) is 8.30. The van der Waals surface area contributed by atoms with Gasteiger partial charge in [-0.1, -0.05) is 0 Å². The van der Waals surface area contributed by atoms with Crippen LogP contribution in [-0.2, 0) is 9.53 Å². The summed E-state index contributed by atoms with van der Waals surface area (Å²) in [6, 6.07) is 1.39. The van der Waals surface area contributed by atoms with E-state index in [1.165, 1.54) is 0 Å². The Morgan fingerprint density at radius 1 is 1.57 bits per heavy atom. The van der Waals surface area contributed by atoms with E-state index in [1.54, 1.807) is 20.8 Å². The molecule has 0 aromatic rings. The monoisotopic (exact) mass is 198 g/mol. The van der Waals surface area contributed by atoms with Crippen molar-refractivity contribution in [1.29, 1.82) is 5.26 Å². The van der Waals surface area contributed by atoms with Crippen molar-refractivity contribution in [3.8, 4) is 6.07 Å². The zero-order valence-electron chi connectivity index (χ0n) is 9.04. The Morgan fingerprint density at radius 3 is 2.57 bits per heavy atom. The lowest BCUT2D eigenvalue weighted by Crippen LogP contribution is -2.37. The molecule has 2 N–H and O–H groups in total. The second-order valence-electron chi connectivity index (χ2n) is 4.19. The SMILES string of the molecule is CC(C)(C)OC(=O)C(N)CCCC#N. The molecule has 4 heteroatoms. The van der Waals surface area contributed by atoms with Crippen LogP contribution in [0.3, 0.4) is 0 Å². The van der Waals surface area contributed by atoms with Gasteiger partial charge in [0.15, 0.2) is 0 Å². The molecular formula is C10H18N2O2. The zero-order chi connectivity index (χ0) is 11.2. The van der Waals surface area contributed by atoms with E-state index < -0.39 is 17.6 Å². The Balaban J connectivity index is 3.84. The van der Waals surface area contributed by atoms with Crippen LogP contribution in [0.5, 0.6) is 0 Å². The van der Waals surface area contributed by atoms with Crippen LogP contribution in [0, 0.1) is 11.3 Å². The fourth-order valence-electron chi connectivity index (χ4n) is 0.896. The van der Waals surface area contributed by atoms with Crippen molar-refractivity contribution in [2.45, 2.75) is 51.7 Å². The molecule has 0 aromatic heterocycles. The first-order valence-corrected chi connectivity index (χ1v) is 4.72. The molecule has 0 spiro atoms. The van der Waals surface area contributed by atoms with Crippen molar-refractivity contribution in [3.05, 3.63) is 0 Å². The van der Waals surface area contributed by atoms with Gasteiger partial charge in [-0.05, 0) is 33.6 Å². The number of hydrogen-bond donors (Lipinski definition) is 1. The third kappa shape index (κ3) is 6.44. The molecular weight excluding hydrogens is 180 g/mol. The van der Waals surface area contributed by atoms with E-state index in [1.807, 2.05) is 6.07 Å². The van der Waals surface area contributed by atoms with Crippen LogP contribution in [0.2, 0.25) is 0 Å². The summed E-state index contributed by atoms with van der Waals surface area (Å²) in [5.41, 5.74) is 5.09. The fraction of sp³-hybridized carbons (Fsp3) is 0.800. The average molecular weight is 198 g/mol. The highest BCUT2D eigenvalue weighted by molar-refractivity contribution is 5.75. The highest BCUT2D eigenvalue weighted by Gasteiger charge is 2.21. The predicted molar refractivity (Wildman–Crippen MR) is 53.3 cm³/mol. The smallest absolute Gasteiger partial charge is 0.323 e. The maximum absolute atomic E-state index is 11.3. The van der Waals surface area contributed by atoms with Gasteiger partial charge in [-0.3, -0.25) is 4.79 Å². The van der Waals surface area contributed by atoms with Gasteiger partial charge in [0.1, 0.15) is 11.6 Å². The number of rotatable bonds is 4. The van der Waals surface area contributed by atoms with Crippen molar-refractivity contribution in [2.75, 3.05) is 0 Å². The molecule has 0 fully saturated rings. The van der Waals surface area contributed by atoms with Gasteiger partial charge in [0.2, 0.25) is 0 Å². The summed E-state index contributed by atoms with van der Waals surface area (Å²) in [6.45, 7) is 5.40. The molecule has 14 heavy (non-hydrogen) atoms. The number of hydrogen-bond acceptors (Lipinski definition) is 4. The van der Waals surface area contributed by atoms with Crippen LogP contribution in [0.4, 0.5) is 0 Å². The number of esters is 1. The summed E-state index contributed by atoms with van der Waals surface area (Å²) in [4.78, 5) is 11.3. The van der Waals surface area contributed by atoms with Gasteiger partial charge in [0.25, 0.3) is 0 Å². The highest BCUT2D eigenvalue weighted by Crippen LogP contribution is 2.09. The van der Waals surface area contributed by atoms with E-state index >= 15 is 0 Å². The number of carbonyl (C=O) groups excluding carboxylic acids is 1. The van der Waals surface area contributed by atoms with Gasteiger partial charge in [-0.25, -0.2) is 0 Å². The van der Waals surface area contributed by atoms with Gasteiger partial charge < -0.3 is 10.5 Å². The number of nitrogens with zero attached hydrogens (tertiary/aromatic N) is 1. The molecule has 0 aliphatic rings. The fourth-order valence-corrected chi connectivity index (χ4v) is 0.896. The molecule has 0 heterocycles. The number of unbranched alkanes of at least 4 members (excludes halogenated alkanes) is 1. The van der Waals surface area contributed by atoms with Crippen molar-refractivity contribution in [1.82, 2.24) is 0 Å². The molecule has 0 saturated carbocycles. The molecule has 0 saturated heterocycles.